The van der Waals surface area contributed by atoms with Gasteiger partial charge in [0.2, 0.25) is 5.78 Å². The largest absolute Gasteiger partial charge is 0.400 e. The number of Topliss-reactive ketones (excluding diaryl/α,β-unsaturated/α-hetero) is 2. The van der Waals surface area contributed by atoms with Crippen molar-refractivity contribution in [3.8, 4) is 0 Å². The maximum atomic E-state index is 12.0. The molecule has 0 spiro atoms. The van der Waals surface area contributed by atoms with E-state index in [-0.39, 0.29) is 5.84 Å². The second-order valence-electron chi connectivity index (χ2n) is 15.4. The summed E-state index contributed by atoms with van der Waals surface area (Å²) in [6.07, 6.45) is 45.2. The van der Waals surface area contributed by atoms with Gasteiger partial charge in [-0.15, -0.1) is 0 Å². The highest BCUT2D eigenvalue weighted by Crippen LogP contribution is 2.15. The molecule has 0 aliphatic rings. The Morgan fingerprint density at radius 1 is 0.518 bits per heavy atom. The summed E-state index contributed by atoms with van der Waals surface area (Å²) in [5, 5.41) is 10.1. The van der Waals surface area contributed by atoms with Gasteiger partial charge in [-0.1, -0.05) is 201 Å². The molecule has 0 aromatic heterocycles. The van der Waals surface area contributed by atoms with Crippen molar-refractivity contribution in [1.29, 1.82) is 0 Å². The van der Waals surface area contributed by atoms with E-state index in [0.717, 1.165) is 39.2 Å². The SMILES string of the molecule is C=O.CCCCCCC=O.CCCCCCCCCCCCCCCCN(CCCCCCCCCCCCCCC)CCCNC(=NC)C(=O)C(C)=O.CO. The number of aliphatic imine (C=N–C) groups is 1. The molecular formula is C48H97N3O5. The third kappa shape index (κ3) is 52.1. The molecular weight excluding hydrogens is 699 g/mol. The number of amidine groups is 1. The van der Waals surface area contributed by atoms with Gasteiger partial charge < -0.3 is 24.9 Å². The Hall–Kier alpha value is -1.93. The van der Waals surface area contributed by atoms with E-state index in [0.29, 0.717) is 6.54 Å². The highest BCUT2D eigenvalue weighted by atomic mass is 16.2. The molecule has 0 aliphatic carbocycles. The van der Waals surface area contributed by atoms with Gasteiger partial charge in [-0.3, -0.25) is 14.6 Å². The second kappa shape index (κ2) is 57.4. The van der Waals surface area contributed by atoms with E-state index in [1.165, 1.54) is 213 Å². The number of aldehydes is 1. The lowest BCUT2D eigenvalue weighted by Crippen LogP contribution is -2.37. The smallest absolute Gasteiger partial charge is 0.262 e. The van der Waals surface area contributed by atoms with Crippen molar-refractivity contribution in [2.75, 3.05) is 40.3 Å². The van der Waals surface area contributed by atoms with Crippen LogP contribution in [0.15, 0.2) is 4.99 Å². The molecule has 8 nitrogen and oxygen atoms in total. The minimum Gasteiger partial charge on any atom is -0.400 e. The lowest BCUT2D eigenvalue weighted by Gasteiger charge is -2.22. The number of hydrogen-bond donors (Lipinski definition) is 2. The van der Waals surface area contributed by atoms with Crippen LogP contribution in [-0.2, 0) is 19.2 Å². The summed E-state index contributed by atoms with van der Waals surface area (Å²) in [6, 6.07) is 0. The zero-order chi connectivity index (χ0) is 42.6. The maximum absolute atomic E-state index is 12.0. The molecule has 0 radical (unpaired) electrons. The molecule has 0 bridgehead atoms. The zero-order valence-corrected chi connectivity index (χ0v) is 38.4. The van der Waals surface area contributed by atoms with Crippen molar-refractivity contribution in [2.45, 2.75) is 240 Å². The first-order valence-corrected chi connectivity index (χ1v) is 23.6. The maximum Gasteiger partial charge on any atom is 0.262 e. The molecule has 0 saturated heterocycles. The lowest BCUT2D eigenvalue weighted by atomic mass is 10.0. The predicted molar refractivity (Wildman–Crippen MR) is 244 cm³/mol. The Morgan fingerprint density at radius 2 is 0.804 bits per heavy atom. The van der Waals surface area contributed by atoms with E-state index in [2.05, 4.69) is 36.0 Å². The number of aliphatic hydroxyl groups is 1. The van der Waals surface area contributed by atoms with Crippen LogP contribution in [0.4, 0.5) is 0 Å². The first-order chi connectivity index (χ1) is 27.5. The van der Waals surface area contributed by atoms with Gasteiger partial charge in [0.25, 0.3) is 5.78 Å². The molecule has 0 amide bonds. The fraction of sp³-hybridized carbons (Fsp3) is 0.896. The predicted octanol–water partition coefficient (Wildman–Crippen LogP) is 12.6. The van der Waals surface area contributed by atoms with E-state index >= 15 is 0 Å². The molecule has 0 fully saturated rings. The fourth-order valence-corrected chi connectivity index (χ4v) is 6.81. The van der Waals surface area contributed by atoms with Gasteiger partial charge in [0.1, 0.15) is 13.1 Å². The fourth-order valence-electron chi connectivity index (χ4n) is 6.81. The van der Waals surface area contributed by atoms with Crippen molar-refractivity contribution in [3.63, 3.8) is 0 Å². The Bertz CT molecular complexity index is 808. The number of ketones is 2. The number of rotatable bonds is 40. The summed E-state index contributed by atoms with van der Waals surface area (Å²) in [7, 11) is 2.57. The second-order valence-corrected chi connectivity index (χ2v) is 15.4. The molecule has 0 saturated carbocycles. The first-order valence-electron chi connectivity index (χ1n) is 23.6. The van der Waals surface area contributed by atoms with Gasteiger partial charge >= 0.3 is 0 Å². The van der Waals surface area contributed by atoms with Crippen molar-refractivity contribution in [1.82, 2.24) is 10.2 Å². The van der Waals surface area contributed by atoms with Crippen molar-refractivity contribution in [2.24, 2.45) is 4.99 Å². The van der Waals surface area contributed by atoms with Crippen LogP contribution >= 0.6 is 0 Å². The highest BCUT2D eigenvalue weighted by Gasteiger charge is 2.15. The number of carbonyl (C=O) groups is 4. The molecule has 56 heavy (non-hydrogen) atoms. The molecule has 0 aromatic rings. The normalized spacial score (nSPS) is 10.8. The molecule has 334 valence electrons. The van der Waals surface area contributed by atoms with Crippen molar-refractivity contribution in [3.05, 3.63) is 0 Å². The van der Waals surface area contributed by atoms with Crippen molar-refractivity contribution < 1.29 is 24.3 Å². The standard InChI is InChI=1S/C39H77N3O2.C7H14O.CH4O.CH2O/c1-5-7-9-11-13-15-17-19-21-23-25-27-29-31-35-42(36-32-33-41-39(40-4)38(44)37(3)43)34-30-28-26-24-22-20-18-16-14-12-10-8-6-2;1-2-3-4-5-6-7-8;2*1-2/h5-36H2,1-4H3,(H,40,41);7H,2-6H2,1H3;2H,1H3;1H2. The van der Waals surface area contributed by atoms with Crippen LogP contribution in [0.25, 0.3) is 0 Å². The first kappa shape index (κ1) is 60.7. The number of aliphatic hydroxyl groups excluding tert-OH is 1. The Kier molecular flexibility index (Phi) is 62.3. The summed E-state index contributed by atoms with van der Waals surface area (Å²) in [5.74, 6) is -0.772. The number of unbranched alkanes of at least 4 members (excludes halogenated alkanes) is 29. The van der Waals surface area contributed by atoms with E-state index in [4.69, 9.17) is 9.90 Å². The number of hydrogen-bond acceptors (Lipinski definition) is 7. The Balaban J connectivity index is -0.000000979. The lowest BCUT2D eigenvalue weighted by molar-refractivity contribution is -0.131. The summed E-state index contributed by atoms with van der Waals surface area (Å²) in [5.41, 5.74) is 0. The molecule has 0 unspecified atom stereocenters. The van der Waals surface area contributed by atoms with Crippen LogP contribution in [0, 0.1) is 0 Å². The van der Waals surface area contributed by atoms with Crippen LogP contribution in [0.2, 0.25) is 0 Å². The van der Waals surface area contributed by atoms with Crippen LogP contribution in [0.5, 0.6) is 0 Å². The summed E-state index contributed by atoms with van der Waals surface area (Å²) in [4.78, 5) is 47.8. The summed E-state index contributed by atoms with van der Waals surface area (Å²) >= 11 is 0. The van der Waals surface area contributed by atoms with Gasteiger partial charge in [0, 0.05) is 34.0 Å². The molecule has 0 aliphatic heterocycles. The molecule has 8 heteroatoms. The third-order valence-corrected chi connectivity index (χ3v) is 10.3. The average Bonchev–Trinajstić information content (AvgIpc) is 3.22. The van der Waals surface area contributed by atoms with Crippen LogP contribution in [0.3, 0.4) is 0 Å². The topological polar surface area (TPSA) is 116 Å². The van der Waals surface area contributed by atoms with Gasteiger partial charge in [0.15, 0.2) is 5.84 Å². The van der Waals surface area contributed by atoms with E-state index in [1.807, 2.05) is 6.79 Å². The minimum absolute atomic E-state index is 0.201. The minimum atomic E-state index is -0.515. The molecule has 0 rings (SSSR count). The monoisotopic (exact) mass is 796 g/mol. The van der Waals surface area contributed by atoms with Gasteiger partial charge in [-0.25, -0.2) is 0 Å². The van der Waals surface area contributed by atoms with E-state index < -0.39 is 11.6 Å². The van der Waals surface area contributed by atoms with Crippen molar-refractivity contribution >= 4 is 30.5 Å². The highest BCUT2D eigenvalue weighted by molar-refractivity contribution is 6.64. The summed E-state index contributed by atoms with van der Waals surface area (Å²) < 4.78 is 0. The third-order valence-electron chi connectivity index (χ3n) is 10.3. The van der Waals surface area contributed by atoms with Crippen LogP contribution < -0.4 is 5.32 Å². The quantitative estimate of drug-likeness (QED) is 0.0208. The number of nitrogens with zero attached hydrogens (tertiary/aromatic N) is 2. The molecule has 0 heterocycles. The average molecular weight is 796 g/mol. The number of carbonyl (C=O) groups excluding carboxylic acids is 4. The number of nitrogens with one attached hydrogen (secondary N) is 1. The van der Waals surface area contributed by atoms with E-state index in [9.17, 15) is 14.4 Å². The summed E-state index contributed by atoms with van der Waals surface area (Å²) in [6.45, 7) is 14.1. The van der Waals surface area contributed by atoms with Gasteiger partial charge in [0.05, 0.1) is 0 Å². The Labute approximate surface area is 349 Å². The van der Waals surface area contributed by atoms with Gasteiger partial charge in [-0.2, -0.15) is 0 Å². The van der Waals surface area contributed by atoms with E-state index in [1.54, 1.807) is 7.05 Å². The van der Waals surface area contributed by atoms with Crippen LogP contribution in [0.1, 0.15) is 240 Å². The Morgan fingerprint density at radius 3 is 1.09 bits per heavy atom. The zero-order valence-electron chi connectivity index (χ0n) is 38.4. The van der Waals surface area contributed by atoms with Gasteiger partial charge in [-0.05, 0) is 45.3 Å². The molecule has 0 atom stereocenters. The van der Waals surface area contributed by atoms with Crippen LogP contribution in [-0.4, -0.2) is 80.8 Å². The molecule has 0 aromatic carbocycles. The molecule has 2 N–H and O–H groups in total.